The fourth-order valence-electron chi connectivity index (χ4n) is 2.42. The van der Waals surface area contributed by atoms with Crippen LogP contribution in [0, 0.1) is 23.4 Å². The molecular formula is C13H14F3NO2. The van der Waals surface area contributed by atoms with E-state index in [4.69, 9.17) is 5.11 Å². The van der Waals surface area contributed by atoms with Gasteiger partial charge in [-0.1, -0.05) is 6.42 Å². The summed E-state index contributed by atoms with van der Waals surface area (Å²) in [5.74, 6) is -5.32. The van der Waals surface area contributed by atoms with Gasteiger partial charge in [-0.2, -0.15) is 0 Å². The lowest BCUT2D eigenvalue weighted by Crippen LogP contribution is -2.31. The zero-order valence-electron chi connectivity index (χ0n) is 10.1. The molecule has 0 radical (unpaired) electrons. The van der Waals surface area contributed by atoms with Crippen LogP contribution in [0.15, 0.2) is 12.1 Å². The molecule has 0 aliphatic heterocycles. The van der Waals surface area contributed by atoms with Crippen molar-refractivity contribution in [2.75, 3.05) is 5.32 Å². The Morgan fingerprint density at radius 1 is 1.21 bits per heavy atom. The molecule has 19 heavy (non-hydrogen) atoms. The number of carboxylic acid groups (broad SMARTS) is 1. The number of anilines is 1. The molecule has 0 bridgehead atoms. The van der Waals surface area contributed by atoms with Crippen molar-refractivity contribution < 1.29 is 23.1 Å². The van der Waals surface area contributed by atoms with Gasteiger partial charge in [0.15, 0.2) is 17.5 Å². The molecule has 104 valence electrons. The first-order chi connectivity index (χ1) is 8.97. The second-order valence-electron chi connectivity index (χ2n) is 4.80. The van der Waals surface area contributed by atoms with Crippen molar-refractivity contribution in [1.29, 1.82) is 0 Å². The van der Waals surface area contributed by atoms with Gasteiger partial charge in [0.05, 0.1) is 5.92 Å². The highest BCUT2D eigenvalue weighted by atomic mass is 19.2. The van der Waals surface area contributed by atoms with Crippen molar-refractivity contribution in [3.8, 4) is 0 Å². The van der Waals surface area contributed by atoms with E-state index in [9.17, 15) is 18.0 Å². The average Bonchev–Trinajstić information content (AvgIpc) is 2.36. The Kier molecular flexibility index (Phi) is 3.97. The van der Waals surface area contributed by atoms with Gasteiger partial charge in [0, 0.05) is 23.9 Å². The van der Waals surface area contributed by atoms with Crippen molar-refractivity contribution >= 4 is 11.7 Å². The normalized spacial score (nSPS) is 23.1. The lowest BCUT2D eigenvalue weighted by molar-refractivity contribution is -0.142. The summed E-state index contributed by atoms with van der Waals surface area (Å²) in [5, 5.41) is 11.8. The first-order valence-electron chi connectivity index (χ1n) is 6.11. The third kappa shape index (κ3) is 3.19. The molecule has 1 fully saturated rings. The summed E-state index contributed by atoms with van der Waals surface area (Å²) in [5.41, 5.74) is 0.132. The number of carboxylic acids is 1. The van der Waals surface area contributed by atoms with Crippen LogP contribution in [-0.4, -0.2) is 17.1 Å². The first-order valence-corrected chi connectivity index (χ1v) is 6.11. The maximum Gasteiger partial charge on any atom is 0.306 e. The number of rotatable bonds is 3. The maximum absolute atomic E-state index is 13.1. The summed E-state index contributed by atoms with van der Waals surface area (Å²) >= 11 is 0. The fraction of sp³-hybridized carbons (Fsp3) is 0.462. The molecule has 2 unspecified atom stereocenters. The lowest BCUT2D eigenvalue weighted by atomic mass is 9.85. The molecule has 1 aromatic rings. The smallest absolute Gasteiger partial charge is 0.306 e. The van der Waals surface area contributed by atoms with Crippen LogP contribution in [0.3, 0.4) is 0 Å². The van der Waals surface area contributed by atoms with Crippen molar-refractivity contribution in [2.24, 2.45) is 5.92 Å². The molecular weight excluding hydrogens is 259 g/mol. The standard InChI is InChI=1S/C13H14F3NO2/c14-10-5-9(6-11(15)12(10)16)17-8-3-1-2-7(4-8)13(18)19/h5-8,17H,1-4H2,(H,18,19). The summed E-state index contributed by atoms with van der Waals surface area (Å²) in [6.45, 7) is 0. The van der Waals surface area contributed by atoms with Gasteiger partial charge in [0.2, 0.25) is 0 Å². The van der Waals surface area contributed by atoms with Gasteiger partial charge in [-0.05, 0) is 19.3 Å². The number of hydrogen-bond acceptors (Lipinski definition) is 2. The van der Waals surface area contributed by atoms with E-state index in [0.29, 0.717) is 12.8 Å². The van der Waals surface area contributed by atoms with Gasteiger partial charge < -0.3 is 10.4 Å². The van der Waals surface area contributed by atoms with E-state index in [2.05, 4.69) is 5.32 Å². The molecule has 0 aromatic heterocycles. The van der Waals surface area contributed by atoms with Crippen LogP contribution < -0.4 is 5.32 Å². The monoisotopic (exact) mass is 273 g/mol. The Morgan fingerprint density at radius 2 is 1.84 bits per heavy atom. The van der Waals surface area contributed by atoms with Crippen molar-refractivity contribution in [1.82, 2.24) is 0 Å². The van der Waals surface area contributed by atoms with E-state index in [1.807, 2.05) is 0 Å². The molecule has 1 aromatic carbocycles. The molecule has 0 spiro atoms. The Labute approximate surface area is 108 Å². The minimum Gasteiger partial charge on any atom is -0.481 e. The van der Waals surface area contributed by atoms with Crippen LogP contribution in [0.5, 0.6) is 0 Å². The highest BCUT2D eigenvalue weighted by molar-refractivity contribution is 5.70. The third-order valence-electron chi connectivity index (χ3n) is 3.38. The molecule has 2 rings (SSSR count). The molecule has 0 heterocycles. The maximum atomic E-state index is 13.1. The number of aliphatic carboxylic acids is 1. The number of hydrogen-bond donors (Lipinski definition) is 2. The summed E-state index contributed by atoms with van der Waals surface area (Å²) in [7, 11) is 0. The van der Waals surface area contributed by atoms with Crippen LogP contribution in [-0.2, 0) is 4.79 Å². The molecule has 0 amide bonds. The van der Waals surface area contributed by atoms with Crippen molar-refractivity contribution in [3.63, 3.8) is 0 Å². The van der Waals surface area contributed by atoms with E-state index in [1.165, 1.54) is 0 Å². The Bertz CT molecular complexity index is 470. The molecule has 1 saturated carbocycles. The Morgan fingerprint density at radius 3 is 2.42 bits per heavy atom. The van der Waals surface area contributed by atoms with Gasteiger partial charge in [0.1, 0.15) is 0 Å². The first kappa shape index (κ1) is 13.7. The summed E-state index contributed by atoms with van der Waals surface area (Å²) in [6.07, 6.45) is 2.47. The summed E-state index contributed by atoms with van der Waals surface area (Å²) in [4.78, 5) is 10.9. The summed E-state index contributed by atoms with van der Waals surface area (Å²) < 4.78 is 38.9. The van der Waals surface area contributed by atoms with Crippen LogP contribution in [0.25, 0.3) is 0 Å². The Hall–Kier alpha value is -1.72. The average molecular weight is 273 g/mol. The highest BCUT2D eigenvalue weighted by Gasteiger charge is 2.27. The number of halogens is 3. The van der Waals surface area contributed by atoms with Crippen LogP contribution >= 0.6 is 0 Å². The molecule has 1 aliphatic rings. The molecule has 6 heteroatoms. The zero-order chi connectivity index (χ0) is 14.0. The topological polar surface area (TPSA) is 49.3 Å². The SMILES string of the molecule is O=C(O)C1CCCC(Nc2cc(F)c(F)c(F)c2)C1. The van der Waals surface area contributed by atoms with Crippen LogP contribution in [0.4, 0.5) is 18.9 Å². The van der Waals surface area contributed by atoms with E-state index in [-0.39, 0.29) is 11.7 Å². The largest absolute Gasteiger partial charge is 0.481 e. The van der Waals surface area contributed by atoms with Gasteiger partial charge in [-0.3, -0.25) is 4.79 Å². The molecule has 1 aliphatic carbocycles. The van der Waals surface area contributed by atoms with Crippen molar-refractivity contribution in [3.05, 3.63) is 29.6 Å². The van der Waals surface area contributed by atoms with Gasteiger partial charge in [-0.15, -0.1) is 0 Å². The van der Waals surface area contributed by atoms with E-state index in [1.54, 1.807) is 0 Å². The summed E-state index contributed by atoms with van der Waals surface area (Å²) in [6, 6.07) is 1.59. The zero-order valence-corrected chi connectivity index (χ0v) is 10.1. The fourth-order valence-corrected chi connectivity index (χ4v) is 2.42. The second kappa shape index (κ2) is 5.50. The third-order valence-corrected chi connectivity index (χ3v) is 3.38. The number of carbonyl (C=O) groups is 1. The Balaban J connectivity index is 2.07. The molecule has 2 N–H and O–H groups in total. The number of nitrogens with one attached hydrogen (secondary N) is 1. The highest BCUT2D eigenvalue weighted by Crippen LogP contribution is 2.27. The lowest BCUT2D eigenvalue weighted by Gasteiger charge is -2.28. The number of benzene rings is 1. The molecule has 0 saturated heterocycles. The minimum atomic E-state index is -1.50. The predicted molar refractivity (Wildman–Crippen MR) is 63.3 cm³/mol. The van der Waals surface area contributed by atoms with E-state index >= 15 is 0 Å². The van der Waals surface area contributed by atoms with E-state index in [0.717, 1.165) is 25.0 Å². The molecule has 2 atom stereocenters. The van der Waals surface area contributed by atoms with Gasteiger partial charge >= 0.3 is 5.97 Å². The van der Waals surface area contributed by atoms with Crippen molar-refractivity contribution in [2.45, 2.75) is 31.7 Å². The molecule has 3 nitrogen and oxygen atoms in total. The quantitative estimate of drug-likeness (QED) is 0.832. The van der Waals surface area contributed by atoms with Crippen LogP contribution in [0.1, 0.15) is 25.7 Å². The predicted octanol–water partition coefficient (Wildman–Crippen LogP) is 3.16. The van der Waals surface area contributed by atoms with Gasteiger partial charge in [-0.25, -0.2) is 13.2 Å². The van der Waals surface area contributed by atoms with E-state index < -0.39 is 29.3 Å². The van der Waals surface area contributed by atoms with Gasteiger partial charge in [0.25, 0.3) is 0 Å². The van der Waals surface area contributed by atoms with Crippen LogP contribution in [0.2, 0.25) is 0 Å². The second-order valence-corrected chi connectivity index (χ2v) is 4.80. The minimum absolute atomic E-state index is 0.132.